The van der Waals surface area contributed by atoms with Crippen LogP contribution in [0.25, 0.3) is 58.8 Å². The Balaban J connectivity index is 1.08. The van der Waals surface area contributed by atoms with Gasteiger partial charge in [0, 0.05) is 43.1 Å². The lowest BCUT2D eigenvalue weighted by Crippen LogP contribution is -2.33. The summed E-state index contributed by atoms with van der Waals surface area (Å²) in [7, 11) is 0. The van der Waals surface area contributed by atoms with E-state index in [-0.39, 0.29) is 6.17 Å². The van der Waals surface area contributed by atoms with Crippen LogP contribution in [-0.4, -0.2) is 16.2 Å². The van der Waals surface area contributed by atoms with Crippen LogP contribution in [0.4, 0.5) is 0 Å². The first kappa shape index (κ1) is 28.7. The second kappa shape index (κ2) is 11.7. The van der Waals surface area contributed by atoms with Gasteiger partial charge < -0.3 is 9.88 Å². The molecule has 0 saturated heterocycles. The fourth-order valence-corrected chi connectivity index (χ4v) is 8.50. The van der Waals surface area contributed by atoms with Gasteiger partial charge in [0.25, 0.3) is 0 Å². The fraction of sp³-hybridized carbons (Fsp3) is 0.0222. The first-order chi connectivity index (χ1) is 24.8. The van der Waals surface area contributed by atoms with E-state index in [1.54, 1.807) is 0 Å². The van der Waals surface area contributed by atoms with Gasteiger partial charge in [-0.2, -0.15) is 0 Å². The van der Waals surface area contributed by atoms with E-state index in [0.29, 0.717) is 5.84 Å². The van der Waals surface area contributed by atoms with Gasteiger partial charge in [0.2, 0.25) is 0 Å². The Kier molecular flexibility index (Phi) is 6.71. The molecule has 0 fully saturated rings. The van der Waals surface area contributed by atoms with E-state index in [9.17, 15) is 0 Å². The van der Waals surface area contributed by atoms with E-state index in [2.05, 4.69) is 155 Å². The van der Waals surface area contributed by atoms with Crippen molar-refractivity contribution in [2.45, 2.75) is 6.17 Å². The second-order valence-electron chi connectivity index (χ2n) is 12.7. The molecule has 10 rings (SSSR count). The van der Waals surface area contributed by atoms with Crippen LogP contribution in [0.5, 0.6) is 0 Å². The Labute approximate surface area is 293 Å². The summed E-state index contributed by atoms with van der Waals surface area (Å²) in [4.78, 5) is 10.2. The van der Waals surface area contributed by atoms with E-state index in [1.165, 1.54) is 47.5 Å². The lowest BCUT2D eigenvalue weighted by Gasteiger charge is -2.24. The molecule has 0 amide bonds. The summed E-state index contributed by atoms with van der Waals surface area (Å²) >= 11 is 1.88. The van der Waals surface area contributed by atoms with Gasteiger partial charge in [-0.05, 0) is 47.0 Å². The molecular formula is C45H30N4S. The van der Waals surface area contributed by atoms with Gasteiger partial charge in [0.1, 0.15) is 12.0 Å². The average molecular weight is 659 g/mol. The first-order valence-corrected chi connectivity index (χ1v) is 17.7. The van der Waals surface area contributed by atoms with Crippen molar-refractivity contribution in [1.29, 1.82) is 0 Å². The molecule has 0 spiro atoms. The SMILES string of the molecule is c1ccc(C2=NC(c3ccc(-n4c5ccccc5c5ccc6c7ccccc7sc6c54)cc3)NC(c3cccc(-c4ccccc4)c3)=N2)cc1. The Bertz CT molecular complexity index is 2770. The number of thiophene rings is 1. The number of hydrogen-bond donors (Lipinski definition) is 1. The summed E-state index contributed by atoms with van der Waals surface area (Å²) in [5, 5.41) is 8.82. The van der Waals surface area contributed by atoms with Crippen molar-refractivity contribution in [3.8, 4) is 16.8 Å². The normalized spacial score (nSPS) is 14.6. The summed E-state index contributed by atoms with van der Waals surface area (Å²) in [6.07, 6.45) is -0.306. The number of nitrogens with zero attached hydrogens (tertiary/aromatic N) is 3. The first-order valence-electron chi connectivity index (χ1n) is 16.9. The van der Waals surface area contributed by atoms with Crippen LogP contribution in [0.1, 0.15) is 22.9 Å². The molecule has 1 N–H and O–H groups in total. The van der Waals surface area contributed by atoms with Crippen LogP contribution < -0.4 is 5.32 Å². The molecular weight excluding hydrogens is 629 g/mol. The Morgan fingerprint density at radius 3 is 2.00 bits per heavy atom. The molecule has 0 aliphatic carbocycles. The molecule has 1 aliphatic heterocycles. The van der Waals surface area contributed by atoms with Crippen molar-refractivity contribution in [2.24, 2.45) is 9.98 Å². The largest absolute Gasteiger partial charge is 0.344 e. The average Bonchev–Trinajstić information content (AvgIpc) is 3.75. The number of rotatable bonds is 5. The Morgan fingerprint density at radius 2 is 1.18 bits per heavy atom. The lowest BCUT2D eigenvalue weighted by atomic mass is 10.0. The van der Waals surface area contributed by atoms with Crippen molar-refractivity contribution < 1.29 is 0 Å². The lowest BCUT2D eigenvalue weighted by molar-refractivity contribution is 0.674. The zero-order chi connectivity index (χ0) is 33.0. The predicted molar refractivity (Wildman–Crippen MR) is 211 cm³/mol. The topological polar surface area (TPSA) is 41.7 Å². The zero-order valence-corrected chi connectivity index (χ0v) is 27.8. The Hall–Kier alpha value is -6.30. The monoisotopic (exact) mass is 658 g/mol. The summed E-state index contributed by atoms with van der Waals surface area (Å²) < 4.78 is 5.05. The maximum Gasteiger partial charge on any atom is 0.159 e. The molecule has 0 radical (unpaired) electrons. The van der Waals surface area contributed by atoms with Crippen molar-refractivity contribution in [3.63, 3.8) is 0 Å². The van der Waals surface area contributed by atoms with Crippen LogP contribution in [0, 0.1) is 0 Å². The molecule has 236 valence electrons. The second-order valence-corrected chi connectivity index (χ2v) is 13.7. The van der Waals surface area contributed by atoms with Crippen LogP contribution in [0.2, 0.25) is 0 Å². The minimum Gasteiger partial charge on any atom is -0.344 e. The number of fused-ring (bicyclic) bond motifs is 7. The Morgan fingerprint density at radius 1 is 0.520 bits per heavy atom. The third-order valence-electron chi connectivity index (χ3n) is 9.66. The molecule has 7 aromatic carbocycles. The number of aliphatic imine (C=N–C) groups is 2. The highest BCUT2D eigenvalue weighted by atomic mass is 32.1. The number of nitrogens with one attached hydrogen (secondary N) is 1. The number of amidine groups is 2. The molecule has 2 aromatic heterocycles. The maximum absolute atomic E-state index is 5.15. The van der Waals surface area contributed by atoms with Crippen LogP contribution >= 0.6 is 11.3 Å². The van der Waals surface area contributed by atoms with E-state index in [0.717, 1.165) is 33.8 Å². The molecule has 5 heteroatoms. The molecule has 9 aromatic rings. The predicted octanol–water partition coefficient (Wildman–Crippen LogP) is 11.3. The summed E-state index contributed by atoms with van der Waals surface area (Å²) in [5.41, 5.74) is 8.99. The molecule has 50 heavy (non-hydrogen) atoms. The van der Waals surface area contributed by atoms with E-state index in [4.69, 9.17) is 9.98 Å². The number of aromatic nitrogens is 1. The summed E-state index contributed by atoms with van der Waals surface area (Å²) in [6.45, 7) is 0. The quantitative estimate of drug-likeness (QED) is 0.196. The van der Waals surface area contributed by atoms with Crippen molar-refractivity contribution in [2.75, 3.05) is 0 Å². The van der Waals surface area contributed by atoms with Crippen molar-refractivity contribution in [1.82, 2.24) is 9.88 Å². The third-order valence-corrected chi connectivity index (χ3v) is 10.9. The van der Waals surface area contributed by atoms with Gasteiger partial charge in [0.15, 0.2) is 5.84 Å². The van der Waals surface area contributed by atoms with Gasteiger partial charge in [-0.15, -0.1) is 11.3 Å². The van der Waals surface area contributed by atoms with Gasteiger partial charge in [0.05, 0.1) is 15.7 Å². The highest BCUT2D eigenvalue weighted by Gasteiger charge is 2.22. The van der Waals surface area contributed by atoms with Gasteiger partial charge in [-0.1, -0.05) is 140 Å². The van der Waals surface area contributed by atoms with Gasteiger partial charge in [-0.3, -0.25) is 0 Å². The van der Waals surface area contributed by atoms with E-state index in [1.807, 2.05) is 35.6 Å². The van der Waals surface area contributed by atoms with Crippen LogP contribution in [0.3, 0.4) is 0 Å². The number of hydrogen-bond acceptors (Lipinski definition) is 4. The summed E-state index contributed by atoms with van der Waals surface area (Å²) in [5.74, 6) is 1.52. The minimum atomic E-state index is -0.306. The molecule has 1 atom stereocenters. The number of para-hydroxylation sites is 1. The molecule has 1 unspecified atom stereocenters. The zero-order valence-electron chi connectivity index (χ0n) is 27.0. The molecule has 3 heterocycles. The summed E-state index contributed by atoms with van der Waals surface area (Å²) in [6, 6.07) is 60.2. The minimum absolute atomic E-state index is 0.306. The number of benzene rings is 7. The van der Waals surface area contributed by atoms with Gasteiger partial charge in [-0.25, -0.2) is 9.98 Å². The fourth-order valence-electron chi connectivity index (χ4n) is 7.26. The standard InChI is InChI=1S/C45H30N4S/c1-3-12-29(13-4-1)32-16-11-17-33(28-32)45-47-43(30-14-5-2-6-15-30)46-44(48-45)31-22-24-34(25-23-31)49-39-20-9-7-18-35(39)37-26-27-38-36-19-8-10-21-40(36)50-42(38)41(37)49/h1-28,44H,(H,46,47,48). The van der Waals surface area contributed by atoms with E-state index < -0.39 is 0 Å². The van der Waals surface area contributed by atoms with Crippen molar-refractivity contribution >= 4 is 65.0 Å². The van der Waals surface area contributed by atoms with Crippen LogP contribution in [-0.2, 0) is 0 Å². The van der Waals surface area contributed by atoms with E-state index >= 15 is 0 Å². The molecule has 0 bridgehead atoms. The van der Waals surface area contributed by atoms with Crippen LogP contribution in [0.15, 0.2) is 180 Å². The molecule has 0 saturated carbocycles. The smallest absolute Gasteiger partial charge is 0.159 e. The molecule has 1 aliphatic rings. The highest BCUT2D eigenvalue weighted by molar-refractivity contribution is 7.26. The highest BCUT2D eigenvalue weighted by Crippen LogP contribution is 2.43. The third kappa shape index (κ3) is 4.74. The van der Waals surface area contributed by atoms with Gasteiger partial charge >= 0.3 is 0 Å². The molecule has 4 nitrogen and oxygen atoms in total. The van der Waals surface area contributed by atoms with Crippen molar-refractivity contribution in [3.05, 3.63) is 187 Å². The maximum atomic E-state index is 5.15.